The van der Waals surface area contributed by atoms with Crippen LogP contribution in [-0.2, 0) is 0 Å². The maximum Gasteiger partial charge on any atom is 0.253 e. The summed E-state index contributed by atoms with van der Waals surface area (Å²) in [5, 5.41) is 9.40. The molecule has 2 rings (SSSR count). The van der Waals surface area contributed by atoms with Crippen molar-refractivity contribution >= 4 is 17.3 Å². The molecule has 1 unspecified atom stereocenters. The van der Waals surface area contributed by atoms with Gasteiger partial charge in [-0.25, -0.2) is 0 Å². The lowest BCUT2D eigenvalue weighted by Gasteiger charge is -2.27. The van der Waals surface area contributed by atoms with Crippen LogP contribution in [0.2, 0.25) is 0 Å². The first kappa shape index (κ1) is 13.7. The number of aliphatic hydroxyl groups excluding tert-OH is 1. The number of anilines is 2. The second-order valence-electron chi connectivity index (χ2n) is 5.15. The van der Waals surface area contributed by atoms with E-state index in [1.165, 1.54) is 0 Å². The van der Waals surface area contributed by atoms with Gasteiger partial charge in [-0.05, 0) is 31.0 Å². The highest BCUT2D eigenvalue weighted by atomic mass is 16.3. The van der Waals surface area contributed by atoms with Crippen molar-refractivity contribution in [3.05, 3.63) is 23.8 Å². The van der Waals surface area contributed by atoms with Crippen LogP contribution in [0.15, 0.2) is 18.2 Å². The molecule has 5 nitrogen and oxygen atoms in total. The lowest BCUT2D eigenvalue weighted by Crippen LogP contribution is -2.33. The maximum atomic E-state index is 12.0. The minimum absolute atomic E-state index is 0.0407. The summed E-state index contributed by atoms with van der Waals surface area (Å²) in [4.78, 5) is 15.6. The Bertz CT molecular complexity index is 474. The van der Waals surface area contributed by atoms with E-state index in [0.717, 1.165) is 25.1 Å². The van der Waals surface area contributed by atoms with Gasteiger partial charge in [0.15, 0.2) is 0 Å². The van der Waals surface area contributed by atoms with Gasteiger partial charge >= 0.3 is 0 Å². The van der Waals surface area contributed by atoms with Crippen LogP contribution in [0, 0.1) is 0 Å². The topological polar surface area (TPSA) is 69.8 Å². The molecule has 1 amide bonds. The second kappa shape index (κ2) is 5.48. The van der Waals surface area contributed by atoms with Crippen LogP contribution in [0.4, 0.5) is 11.4 Å². The van der Waals surface area contributed by atoms with E-state index in [2.05, 4.69) is 4.90 Å². The summed E-state index contributed by atoms with van der Waals surface area (Å²) >= 11 is 0. The number of amides is 1. The largest absolute Gasteiger partial charge is 0.397 e. The summed E-state index contributed by atoms with van der Waals surface area (Å²) in [6.45, 7) is 0.986. The number of nitrogens with two attached hydrogens (primary N) is 1. The molecule has 1 aromatic carbocycles. The summed E-state index contributed by atoms with van der Waals surface area (Å²) in [7, 11) is 3.45. The summed E-state index contributed by atoms with van der Waals surface area (Å²) in [5.74, 6) is -0.0407. The maximum absolute atomic E-state index is 12.0. The first-order valence-corrected chi connectivity index (χ1v) is 6.53. The lowest BCUT2D eigenvalue weighted by molar-refractivity contribution is 0.0827. The number of rotatable bonds is 3. The van der Waals surface area contributed by atoms with Gasteiger partial charge in [0, 0.05) is 26.2 Å². The molecule has 1 atom stereocenters. The van der Waals surface area contributed by atoms with E-state index in [4.69, 9.17) is 5.73 Å². The van der Waals surface area contributed by atoms with E-state index in [1.54, 1.807) is 31.1 Å². The molecule has 0 bridgehead atoms. The van der Waals surface area contributed by atoms with Crippen LogP contribution in [0.1, 0.15) is 23.2 Å². The molecule has 3 N–H and O–H groups in total. The van der Waals surface area contributed by atoms with Gasteiger partial charge in [0.2, 0.25) is 0 Å². The Labute approximate surface area is 113 Å². The molecular weight excluding hydrogens is 242 g/mol. The highest BCUT2D eigenvalue weighted by molar-refractivity contribution is 5.96. The van der Waals surface area contributed by atoms with Gasteiger partial charge in [-0.2, -0.15) is 0 Å². The monoisotopic (exact) mass is 263 g/mol. The number of hydrogen-bond acceptors (Lipinski definition) is 4. The predicted octanol–water partition coefficient (Wildman–Crippen LogP) is 0.932. The molecule has 1 aliphatic rings. The molecule has 0 aromatic heterocycles. The van der Waals surface area contributed by atoms with Crippen molar-refractivity contribution in [3.8, 4) is 0 Å². The molecule has 19 heavy (non-hydrogen) atoms. The Hall–Kier alpha value is -1.75. The normalized spacial score (nSPS) is 18.7. The number of carbonyl (C=O) groups excluding carboxylic acids is 1. The summed E-state index contributed by atoms with van der Waals surface area (Å²) in [6, 6.07) is 5.43. The smallest absolute Gasteiger partial charge is 0.253 e. The molecular formula is C14H21N3O2. The van der Waals surface area contributed by atoms with Crippen LogP contribution in [0.5, 0.6) is 0 Å². The highest BCUT2D eigenvalue weighted by Crippen LogP contribution is 2.31. The van der Waals surface area contributed by atoms with Crippen molar-refractivity contribution in [1.82, 2.24) is 4.90 Å². The van der Waals surface area contributed by atoms with Gasteiger partial charge in [-0.1, -0.05) is 0 Å². The fraction of sp³-hybridized carbons (Fsp3) is 0.500. The number of nitrogens with zero attached hydrogens (tertiary/aromatic N) is 2. The van der Waals surface area contributed by atoms with Gasteiger partial charge in [-0.3, -0.25) is 4.79 Å². The third-order valence-electron chi connectivity index (χ3n) is 3.58. The number of carbonyl (C=O) groups is 1. The van der Waals surface area contributed by atoms with Gasteiger partial charge < -0.3 is 20.6 Å². The van der Waals surface area contributed by atoms with E-state index in [1.807, 2.05) is 6.07 Å². The third kappa shape index (κ3) is 2.66. The molecule has 0 saturated carbocycles. The molecule has 1 saturated heterocycles. The van der Waals surface area contributed by atoms with E-state index < -0.39 is 0 Å². The Balaban J connectivity index is 2.34. The summed E-state index contributed by atoms with van der Waals surface area (Å²) < 4.78 is 0. The lowest BCUT2D eigenvalue weighted by atomic mass is 10.1. The molecule has 0 radical (unpaired) electrons. The molecule has 1 fully saturated rings. The molecule has 0 aliphatic carbocycles. The van der Waals surface area contributed by atoms with Crippen molar-refractivity contribution in [2.24, 2.45) is 0 Å². The number of hydrogen-bond donors (Lipinski definition) is 2. The van der Waals surface area contributed by atoms with E-state index in [9.17, 15) is 9.90 Å². The van der Waals surface area contributed by atoms with Crippen LogP contribution in [0.25, 0.3) is 0 Å². The predicted molar refractivity (Wildman–Crippen MR) is 76.3 cm³/mol. The third-order valence-corrected chi connectivity index (χ3v) is 3.58. The quantitative estimate of drug-likeness (QED) is 0.796. The molecule has 104 valence electrons. The molecule has 1 aliphatic heterocycles. The van der Waals surface area contributed by atoms with Gasteiger partial charge in [0.05, 0.1) is 24.0 Å². The Morgan fingerprint density at radius 3 is 2.89 bits per heavy atom. The van der Waals surface area contributed by atoms with Gasteiger partial charge in [0.25, 0.3) is 5.91 Å². The summed E-state index contributed by atoms with van der Waals surface area (Å²) in [6.07, 6.45) is 2.00. The number of benzene rings is 1. The van der Waals surface area contributed by atoms with Crippen molar-refractivity contribution < 1.29 is 9.90 Å². The average Bonchev–Trinajstić information content (AvgIpc) is 2.86. The fourth-order valence-electron chi connectivity index (χ4n) is 2.53. The van der Waals surface area contributed by atoms with E-state index in [-0.39, 0.29) is 18.6 Å². The number of nitrogen functional groups attached to an aromatic ring is 1. The Morgan fingerprint density at radius 2 is 2.26 bits per heavy atom. The fourth-order valence-corrected chi connectivity index (χ4v) is 2.53. The standard InChI is InChI=1S/C14H21N3O2/c1-16(2)14(19)10-5-6-12(15)13(8-10)17-7-3-4-11(17)9-18/h5-6,8,11,18H,3-4,7,9,15H2,1-2H3. The first-order chi connectivity index (χ1) is 9.04. The molecule has 1 aromatic rings. The number of aliphatic hydroxyl groups is 1. The first-order valence-electron chi connectivity index (χ1n) is 6.53. The average molecular weight is 263 g/mol. The zero-order valence-corrected chi connectivity index (χ0v) is 11.5. The zero-order valence-electron chi connectivity index (χ0n) is 11.5. The minimum Gasteiger partial charge on any atom is -0.397 e. The van der Waals surface area contributed by atoms with Gasteiger partial charge in [-0.15, -0.1) is 0 Å². The van der Waals surface area contributed by atoms with Crippen LogP contribution in [-0.4, -0.2) is 49.2 Å². The van der Waals surface area contributed by atoms with Crippen LogP contribution >= 0.6 is 0 Å². The summed E-state index contributed by atoms with van der Waals surface area (Å²) in [5.41, 5.74) is 8.14. The Kier molecular flexibility index (Phi) is 3.95. The van der Waals surface area contributed by atoms with Crippen molar-refractivity contribution in [1.29, 1.82) is 0 Å². The van der Waals surface area contributed by atoms with Crippen molar-refractivity contribution in [2.45, 2.75) is 18.9 Å². The van der Waals surface area contributed by atoms with Gasteiger partial charge in [0.1, 0.15) is 0 Å². The SMILES string of the molecule is CN(C)C(=O)c1ccc(N)c(N2CCCC2CO)c1. The van der Waals surface area contributed by atoms with Crippen LogP contribution < -0.4 is 10.6 Å². The Morgan fingerprint density at radius 1 is 1.53 bits per heavy atom. The van der Waals surface area contributed by atoms with E-state index in [0.29, 0.717) is 11.3 Å². The highest BCUT2D eigenvalue weighted by Gasteiger charge is 2.26. The second-order valence-corrected chi connectivity index (χ2v) is 5.15. The zero-order chi connectivity index (χ0) is 14.0. The molecule has 1 heterocycles. The van der Waals surface area contributed by atoms with Crippen molar-refractivity contribution in [3.63, 3.8) is 0 Å². The minimum atomic E-state index is -0.0407. The van der Waals surface area contributed by atoms with Crippen LogP contribution in [0.3, 0.4) is 0 Å². The molecule has 0 spiro atoms. The van der Waals surface area contributed by atoms with Crippen molar-refractivity contribution in [2.75, 3.05) is 37.9 Å². The molecule has 5 heteroatoms. The van der Waals surface area contributed by atoms with E-state index >= 15 is 0 Å².